The maximum Gasteiger partial charge on any atom is 0.117 e. The highest BCUT2D eigenvalue weighted by atomic mass is 16.5. The molecule has 2 N–H and O–H groups in total. The molecule has 0 atom stereocenters. The zero-order valence-electron chi connectivity index (χ0n) is 11.5. The molecule has 0 bridgehead atoms. The van der Waals surface area contributed by atoms with Crippen molar-refractivity contribution in [3.05, 3.63) is 36.0 Å². The van der Waals surface area contributed by atoms with Crippen LogP contribution in [0.25, 0.3) is 11.3 Å². The van der Waals surface area contributed by atoms with E-state index in [0.717, 1.165) is 62.0 Å². The van der Waals surface area contributed by atoms with Gasteiger partial charge >= 0.3 is 0 Å². The standard InChI is InChI=1S/C15H20N4O/c1-2-4-13(5-3-1)15-14(17-19-18-15)11-16-10-12-6-8-20-9-7-12/h1-5,12,16H,6-11H2,(H,17,18,19). The third-order valence-corrected chi connectivity index (χ3v) is 3.73. The van der Waals surface area contributed by atoms with Crippen molar-refractivity contribution in [3.63, 3.8) is 0 Å². The molecule has 1 aliphatic rings. The van der Waals surface area contributed by atoms with Crippen LogP contribution in [0, 0.1) is 5.92 Å². The van der Waals surface area contributed by atoms with Crippen LogP contribution in [0.4, 0.5) is 0 Å². The van der Waals surface area contributed by atoms with Gasteiger partial charge in [-0.1, -0.05) is 30.3 Å². The van der Waals surface area contributed by atoms with E-state index in [9.17, 15) is 0 Å². The SMILES string of the molecule is c1ccc(-c2n[nH]nc2CNCC2CCOCC2)cc1. The summed E-state index contributed by atoms with van der Waals surface area (Å²) in [6, 6.07) is 10.2. The van der Waals surface area contributed by atoms with Gasteiger partial charge in [-0.25, -0.2) is 0 Å². The molecule has 0 aliphatic carbocycles. The Morgan fingerprint density at radius 2 is 1.95 bits per heavy atom. The molecule has 3 rings (SSSR count). The molecule has 1 aromatic carbocycles. The van der Waals surface area contributed by atoms with Gasteiger partial charge in [-0.3, -0.25) is 0 Å². The molecule has 2 heterocycles. The van der Waals surface area contributed by atoms with E-state index < -0.39 is 0 Å². The van der Waals surface area contributed by atoms with Crippen LogP contribution in [-0.4, -0.2) is 35.2 Å². The minimum atomic E-state index is 0.718. The van der Waals surface area contributed by atoms with Crippen LogP contribution >= 0.6 is 0 Å². The topological polar surface area (TPSA) is 62.8 Å². The number of aromatic amines is 1. The third kappa shape index (κ3) is 3.23. The fourth-order valence-electron chi connectivity index (χ4n) is 2.55. The van der Waals surface area contributed by atoms with Gasteiger partial charge in [-0.2, -0.15) is 15.4 Å². The van der Waals surface area contributed by atoms with Gasteiger partial charge in [0.05, 0.1) is 0 Å². The molecule has 2 aromatic rings. The predicted molar refractivity (Wildman–Crippen MR) is 77.1 cm³/mol. The number of ether oxygens (including phenoxy) is 1. The van der Waals surface area contributed by atoms with Crippen LogP contribution in [0.1, 0.15) is 18.5 Å². The summed E-state index contributed by atoms with van der Waals surface area (Å²) in [5.41, 5.74) is 3.01. The lowest BCUT2D eigenvalue weighted by atomic mass is 10.0. The maximum atomic E-state index is 5.37. The van der Waals surface area contributed by atoms with Crippen molar-refractivity contribution >= 4 is 0 Å². The molecule has 20 heavy (non-hydrogen) atoms. The molecule has 0 saturated carbocycles. The second-order valence-corrected chi connectivity index (χ2v) is 5.17. The lowest BCUT2D eigenvalue weighted by Crippen LogP contribution is -2.27. The number of nitrogens with zero attached hydrogens (tertiary/aromatic N) is 2. The first kappa shape index (κ1) is 13.3. The van der Waals surface area contributed by atoms with E-state index in [1.165, 1.54) is 0 Å². The second-order valence-electron chi connectivity index (χ2n) is 5.17. The largest absolute Gasteiger partial charge is 0.381 e. The smallest absolute Gasteiger partial charge is 0.117 e. The summed E-state index contributed by atoms with van der Waals surface area (Å²) in [7, 11) is 0. The fraction of sp³-hybridized carbons (Fsp3) is 0.467. The van der Waals surface area contributed by atoms with Crippen LogP contribution in [0.15, 0.2) is 30.3 Å². The summed E-state index contributed by atoms with van der Waals surface area (Å²) in [6.45, 7) is 3.56. The number of H-pyrrole nitrogens is 1. The molecular weight excluding hydrogens is 252 g/mol. The van der Waals surface area contributed by atoms with Gasteiger partial charge < -0.3 is 10.1 Å². The van der Waals surface area contributed by atoms with Crippen molar-refractivity contribution in [3.8, 4) is 11.3 Å². The monoisotopic (exact) mass is 272 g/mol. The van der Waals surface area contributed by atoms with Crippen molar-refractivity contribution in [1.82, 2.24) is 20.7 Å². The van der Waals surface area contributed by atoms with E-state index >= 15 is 0 Å². The van der Waals surface area contributed by atoms with Crippen LogP contribution in [-0.2, 0) is 11.3 Å². The lowest BCUT2D eigenvalue weighted by molar-refractivity contribution is 0.0662. The Bertz CT molecular complexity index is 520. The molecule has 1 aliphatic heterocycles. The van der Waals surface area contributed by atoms with E-state index in [0.29, 0.717) is 0 Å². The number of nitrogens with one attached hydrogen (secondary N) is 2. The molecule has 0 unspecified atom stereocenters. The van der Waals surface area contributed by atoms with Crippen molar-refractivity contribution in [2.75, 3.05) is 19.8 Å². The number of benzene rings is 1. The van der Waals surface area contributed by atoms with E-state index in [-0.39, 0.29) is 0 Å². The van der Waals surface area contributed by atoms with E-state index in [4.69, 9.17) is 4.74 Å². The molecule has 1 saturated heterocycles. The average molecular weight is 272 g/mol. The van der Waals surface area contributed by atoms with Crippen LogP contribution in [0.2, 0.25) is 0 Å². The molecule has 106 valence electrons. The van der Waals surface area contributed by atoms with E-state index in [2.05, 4.69) is 32.9 Å². The normalized spacial score (nSPS) is 16.4. The molecule has 0 spiro atoms. The van der Waals surface area contributed by atoms with Gasteiger partial charge in [0.2, 0.25) is 0 Å². The molecule has 1 aromatic heterocycles. The summed E-state index contributed by atoms with van der Waals surface area (Å²) < 4.78 is 5.37. The molecule has 5 nitrogen and oxygen atoms in total. The lowest BCUT2D eigenvalue weighted by Gasteiger charge is -2.22. The van der Waals surface area contributed by atoms with Crippen molar-refractivity contribution in [2.24, 2.45) is 5.92 Å². The first-order valence-corrected chi connectivity index (χ1v) is 7.17. The highest BCUT2D eigenvalue weighted by Gasteiger charge is 2.14. The first-order valence-electron chi connectivity index (χ1n) is 7.17. The Balaban J connectivity index is 1.57. The summed E-state index contributed by atoms with van der Waals surface area (Å²) in [5, 5.41) is 14.7. The quantitative estimate of drug-likeness (QED) is 0.873. The molecule has 0 amide bonds. The Morgan fingerprint density at radius 3 is 2.75 bits per heavy atom. The molecule has 0 radical (unpaired) electrons. The third-order valence-electron chi connectivity index (χ3n) is 3.73. The highest BCUT2D eigenvalue weighted by molar-refractivity contribution is 5.60. The first-order chi connectivity index (χ1) is 9.93. The number of hydrogen-bond donors (Lipinski definition) is 2. The molecular formula is C15H20N4O. The van der Waals surface area contributed by atoms with Gasteiger partial charge in [-0.05, 0) is 25.3 Å². The minimum Gasteiger partial charge on any atom is -0.381 e. The predicted octanol–water partition coefficient (Wildman–Crippen LogP) is 1.99. The number of rotatable bonds is 5. The van der Waals surface area contributed by atoms with Gasteiger partial charge in [0, 0.05) is 25.3 Å². The number of aromatic nitrogens is 3. The Morgan fingerprint density at radius 1 is 1.15 bits per heavy atom. The van der Waals surface area contributed by atoms with Gasteiger partial charge in [0.25, 0.3) is 0 Å². The van der Waals surface area contributed by atoms with E-state index in [1.807, 2.05) is 18.2 Å². The van der Waals surface area contributed by atoms with Crippen LogP contribution in [0.5, 0.6) is 0 Å². The molecule has 1 fully saturated rings. The molecule has 5 heteroatoms. The fourth-order valence-corrected chi connectivity index (χ4v) is 2.55. The van der Waals surface area contributed by atoms with Crippen molar-refractivity contribution in [2.45, 2.75) is 19.4 Å². The zero-order chi connectivity index (χ0) is 13.6. The average Bonchev–Trinajstić information content (AvgIpc) is 2.98. The zero-order valence-corrected chi connectivity index (χ0v) is 11.5. The maximum absolute atomic E-state index is 5.37. The van der Waals surface area contributed by atoms with Gasteiger partial charge in [-0.15, -0.1) is 0 Å². The Hall–Kier alpha value is -1.72. The highest BCUT2D eigenvalue weighted by Crippen LogP contribution is 2.19. The van der Waals surface area contributed by atoms with Crippen molar-refractivity contribution in [1.29, 1.82) is 0 Å². The van der Waals surface area contributed by atoms with Crippen molar-refractivity contribution < 1.29 is 4.74 Å². The van der Waals surface area contributed by atoms with Crippen LogP contribution < -0.4 is 5.32 Å². The summed E-state index contributed by atoms with van der Waals surface area (Å²) >= 11 is 0. The number of hydrogen-bond acceptors (Lipinski definition) is 4. The van der Waals surface area contributed by atoms with E-state index in [1.54, 1.807) is 0 Å². The Labute approximate surface area is 118 Å². The minimum absolute atomic E-state index is 0.718. The van der Waals surface area contributed by atoms with Gasteiger partial charge in [0.15, 0.2) is 0 Å². The second kappa shape index (κ2) is 6.63. The summed E-state index contributed by atoms with van der Waals surface area (Å²) in [5.74, 6) is 0.718. The summed E-state index contributed by atoms with van der Waals surface area (Å²) in [4.78, 5) is 0. The summed E-state index contributed by atoms with van der Waals surface area (Å²) in [6.07, 6.45) is 2.30. The van der Waals surface area contributed by atoms with Crippen LogP contribution in [0.3, 0.4) is 0 Å². The Kier molecular flexibility index (Phi) is 4.40. The van der Waals surface area contributed by atoms with Gasteiger partial charge in [0.1, 0.15) is 11.4 Å².